The van der Waals surface area contributed by atoms with Crippen molar-refractivity contribution >= 4 is 0 Å². The number of hydrogen-bond acceptors (Lipinski definition) is 2. The highest BCUT2D eigenvalue weighted by Crippen LogP contribution is 2.07. The van der Waals surface area contributed by atoms with Gasteiger partial charge in [0.05, 0.1) is 0 Å². The Kier molecular flexibility index (Phi) is 2.12. The molecule has 0 amide bonds. The van der Waals surface area contributed by atoms with Crippen molar-refractivity contribution in [2.45, 2.75) is 33.2 Å². The number of hydrogen-bond donors (Lipinski definition) is 1. The van der Waals surface area contributed by atoms with Gasteiger partial charge in [0.2, 0.25) is 0 Å². The average molecular weight is 155 g/mol. The first-order chi connectivity index (χ1) is 5.16. The van der Waals surface area contributed by atoms with Crippen LogP contribution in [-0.4, -0.2) is 14.8 Å². The molecule has 1 atom stereocenters. The highest BCUT2D eigenvalue weighted by Gasteiger charge is 2.08. The van der Waals surface area contributed by atoms with E-state index < -0.39 is 0 Å². The molecular weight excluding hydrogens is 142 g/mol. The molecule has 0 aliphatic rings. The standard InChI is InChI=1S/C7H13N3O/c1-4-5(2)10-6(3)8-9-7(10)11/h5H,4H2,1-3H3,(H,9,11). The van der Waals surface area contributed by atoms with Crippen LogP contribution in [0, 0.1) is 6.92 Å². The molecule has 0 fully saturated rings. The number of nitrogens with one attached hydrogen (secondary N) is 1. The molecule has 0 saturated carbocycles. The van der Waals surface area contributed by atoms with Crippen molar-refractivity contribution < 1.29 is 0 Å². The fourth-order valence-electron chi connectivity index (χ4n) is 1.09. The molecule has 4 heteroatoms. The van der Waals surface area contributed by atoms with Crippen LogP contribution in [0.5, 0.6) is 0 Å². The Morgan fingerprint density at radius 3 is 2.73 bits per heavy atom. The van der Waals surface area contributed by atoms with Crippen LogP contribution in [0.1, 0.15) is 32.1 Å². The lowest BCUT2D eigenvalue weighted by Crippen LogP contribution is -2.21. The van der Waals surface area contributed by atoms with Gasteiger partial charge in [-0.1, -0.05) is 6.92 Å². The largest absolute Gasteiger partial charge is 0.343 e. The molecule has 0 bridgehead atoms. The summed E-state index contributed by atoms with van der Waals surface area (Å²) in [5, 5.41) is 6.22. The minimum atomic E-state index is -0.114. The molecular formula is C7H13N3O. The Morgan fingerprint density at radius 2 is 2.36 bits per heavy atom. The van der Waals surface area contributed by atoms with E-state index in [0.717, 1.165) is 12.2 Å². The quantitative estimate of drug-likeness (QED) is 0.688. The van der Waals surface area contributed by atoms with Crippen molar-refractivity contribution in [1.29, 1.82) is 0 Å². The normalized spacial score (nSPS) is 13.4. The van der Waals surface area contributed by atoms with E-state index in [9.17, 15) is 4.79 Å². The predicted octanol–water partition coefficient (Wildman–Crippen LogP) is 0.851. The van der Waals surface area contributed by atoms with Gasteiger partial charge < -0.3 is 0 Å². The molecule has 1 aromatic heterocycles. The van der Waals surface area contributed by atoms with Crippen LogP contribution in [0.15, 0.2) is 4.79 Å². The van der Waals surface area contributed by atoms with E-state index in [4.69, 9.17) is 0 Å². The molecule has 1 rings (SSSR count). The highest BCUT2D eigenvalue weighted by molar-refractivity contribution is 4.84. The van der Waals surface area contributed by atoms with E-state index in [-0.39, 0.29) is 11.7 Å². The summed E-state index contributed by atoms with van der Waals surface area (Å²) in [5.74, 6) is 0.754. The lowest BCUT2D eigenvalue weighted by molar-refractivity contribution is 0.504. The maximum Gasteiger partial charge on any atom is 0.343 e. The fourth-order valence-corrected chi connectivity index (χ4v) is 1.09. The second-order valence-corrected chi connectivity index (χ2v) is 2.70. The third kappa shape index (κ3) is 1.34. The van der Waals surface area contributed by atoms with Crippen LogP contribution in [0.2, 0.25) is 0 Å². The van der Waals surface area contributed by atoms with Crippen LogP contribution in [0.4, 0.5) is 0 Å². The van der Waals surface area contributed by atoms with Crippen LogP contribution in [0.25, 0.3) is 0 Å². The zero-order chi connectivity index (χ0) is 8.43. The number of aromatic amines is 1. The van der Waals surface area contributed by atoms with Gasteiger partial charge in [0, 0.05) is 6.04 Å². The Balaban J connectivity index is 3.10. The Morgan fingerprint density at radius 1 is 1.73 bits per heavy atom. The maximum absolute atomic E-state index is 11.1. The van der Waals surface area contributed by atoms with Gasteiger partial charge >= 0.3 is 5.69 Å². The van der Waals surface area contributed by atoms with E-state index in [0.29, 0.717) is 0 Å². The fraction of sp³-hybridized carbons (Fsp3) is 0.714. The summed E-state index contributed by atoms with van der Waals surface area (Å²) in [6, 6.07) is 0.237. The van der Waals surface area contributed by atoms with E-state index >= 15 is 0 Å². The summed E-state index contributed by atoms with van der Waals surface area (Å²) >= 11 is 0. The summed E-state index contributed by atoms with van der Waals surface area (Å²) in [4.78, 5) is 11.1. The molecule has 0 spiro atoms. The molecule has 1 aromatic rings. The Bertz CT molecular complexity index is 286. The van der Waals surface area contributed by atoms with Gasteiger partial charge in [-0.25, -0.2) is 9.89 Å². The highest BCUT2D eigenvalue weighted by atomic mass is 16.1. The first-order valence-electron chi connectivity index (χ1n) is 3.80. The Hall–Kier alpha value is -1.06. The lowest BCUT2D eigenvalue weighted by atomic mass is 10.2. The first kappa shape index (κ1) is 8.04. The van der Waals surface area contributed by atoms with Crippen LogP contribution >= 0.6 is 0 Å². The van der Waals surface area contributed by atoms with Crippen molar-refractivity contribution in [2.75, 3.05) is 0 Å². The van der Waals surface area contributed by atoms with Gasteiger partial charge in [-0.3, -0.25) is 4.57 Å². The molecule has 1 unspecified atom stereocenters. The van der Waals surface area contributed by atoms with Gasteiger partial charge in [-0.15, -0.1) is 0 Å². The Labute approximate surface area is 65.2 Å². The summed E-state index contributed by atoms with van der Waals surface area (Å²) < 4.78 is 1.67. The monoisotopic (exact) mass is 155 g/mol. The molecule has 4 nitrogen and oxygen atoms in total. The summed E-state index contributed by atoms with van der Waals surface area (Å²) in [5.41, 5.74) is -0.114. The van der Waals surface area contributed by atoms with E-state index in [1.807, 2.05) is 20.8 Å². The number of rotatable bonds is 2. The van der Waals surface area contributed by atoms with Crippen molar-refractivity contribution in [3.63, 3.8) is 0 Å². The molecule has 11 heavy (non-hydrogen) atoms. The smallest absolute Gasteiger partial charge is 0.277 e. The van der Waals surface area contributed by atoms with Crippen LogP contribution in [-0.2, 0) is 0 Å². The summed E-state index contributed by atoms with van der Waals surface area (Å²) in [6.07, 6.45) is 0.945. The lowest BCUT2D eigenvalue weighted by Gasteiger charge is -2.08. The van der Waals surface area contributed by atoms with E-state index in [1.54, 1.807) is 4.57 Å². The second kappa shape index (κ2) is 2.90. The van der Waals surface area contributed by atoms with Crippen LogP contribution < -0.4 is 5.69 Å². The van der Waals surface area contributed by atoms with Crippen molar-refractivity contribution in [3.05, 3.63) is 16.3 Å². The van der Waals surface area contributed by atoms with Crippen LogP contribution in [0.3, 0.4) is 0 Å². The van der Waals surface area contributed by atoms with Crippen molar-refractivity contribution in [3.8, 4) is 0 Å². The average Bonchev–Trinajstić information content (AvgIpc) is 2.30. The minimum absolute atomic E-state index is 0.114. The molecule has 62 valence electrons. The topological polar surface area (TPSA) is 50.7 Å². The molecule has 0 radical (unpaired) electrons. The SMILES string of the molecule is CCC(C)n1c(C)n[nH]c1=O. The number of H-pyrrole nitrogens is 1. The first-order valence-corrected chi connectivity index (χ1v) is 3.80. The molecule has 1 heterocycles. The molecule has 0 aromatic carbocycles. The minimum Gasteiger partial charge on any atom is -0.277 e. The third-order valence-electron chi connectivity index (χ3n) is 1.91. The molecule has 1 N–H and O–H groups in total. The van der Waals surface area contributed by atoms with Gasteiger partial charge in [0.1, 0.15) is 5.82 Å². The molecule has 0 aliphatic carbocycles. The number of aryl methyl sites for hydroxylation is 1. The zero-order valence-corrected chi connectivity index (χ0v) is 7.09. The third-order valence-corrected chi connectivity index (χ3v) is 1.91. The summed E-state index contributed by atoms with van der Waals surface area (Å²) in [7, 11) is 0. The van der Waals surface area contributed by atoms with E-state index in [1.165, 1.54) is 0 Å². The van der Waals surface area contributed by atoms with Crippen molar-refractivity contribution in [2.24, 2.45) is 0 Å². The molecule has 0 saturated heterocycles. The van der Waals surface area contributed by atoms with Crippen molar-refractivity contribution in [1.82, 2.24) is 14.8 Å². The van der Waals surface area contributed by atoms with Gasteiger partial charge in [0.15, 0.2) is 0 Å². The number of aromatic nitrogens is 3. The maximum atomic E-state index is 11.1. The van der Waals surface area contributed by atoms with E-state index in [2.05, 4.69) is 10.2 Å². The van der Waals surface area contributed by atoms with Gasteiger partial charge in [-0.05, 0) is 20.3 Å². The summed E-state index contributed by atoms with van der Waals surface area (Å²) in [6.45, 7) is 5.87. The number of nitrogens with zero attached hydrogens (tertiary/aromatic N) is 2. The van der Waals surface area contributed by atoms with Gasteiger partial charge in [0.25, 0.3) is 0 Å². The molecule has 0 aliphatic heterocycles. The second-order valence-electron chi connectivity index (χ2n) is 2.70. The van der Waals surface area contributed by atoms with Gasteiger partial charge in [-0.2, -0.15) is 5.10 Å². The predicted molar refractivity (Wildman–Crippen MR) is 42.6 cm³/mol. The zero-order valence-electron chi connectivity index (χ0n) is 7.09.